The summed E-state index contributed by atoms with van der Waals surface area (Å²) in [7, 11) is 0. The van der Waals surface area contributed by atoms with Gasteiger partial charge >= 0.3 is 0 Å². The Morgan fingerprint density at radius 3 is 2.41 bits per heavy atom. The molecule has 2 N–H and O–H groups in total. The molecule has 3 aromatic rings. The van der Waals surface area contributed by atoms with E-state index in [2.05, 4.69) is 15.6 Å². The Hall–Kier alpha value is -2.84. The number of thiophene rings is 1. The van der Waals surface area contributed by atoms with Gasteiger partial charge in [0.05, 0.1) is 17.1 Å². The molecule has 6 nitrogen and oxygen atoms in total. The molecule has 0 bridgehead atoms. The normalized spacial score (nSPS) is 10.5. The summed E-state index contributed by atoms with van der Waals surface area (Å²) in [5, 5.41) is 10.2. The van der Waals surface area contributed by atoms with E-state index in [0.717, 1.165) is 16.3 Å². The standard InChI is InChI=1S/C21H21N3O3S2/c25-17(18-7-4-12-28-18)8-9-19(26)22-11-10-20(27)23-13-16-14-29-21(24-16)15-5-2-1-3-6-15/h1-7,12,14H,8-11,13H2,(H,22,26)(H,23,27). The van der Waals surface area contributed by atoms with Gasteiger partial charge in [-0.25, -0.2) is 4.98 Å². The first kappa shape index (κ1) is 20.9. The summed E-state index contributed by atoms with van der Waals surface area (Å²) in [6.07, 6.45) is 0.478. The lowest BCUT2D eigenvalue weighted by Gasteiger charge is -2.05. The number of aromatic nitrogens is 1. The van der Waals surface area contributed by atoms with Crippen LogP contribution in [0.25, 0.3) is 10.6 Å². The Morgan fingerprint density at radius 2 is 1.66 bits per heavy atom. The van der Waals surface area contributed by atoms with Gasteiger partial charge in [-0.2, -0.15) is 0 Å². The summed E-state index contributed by atoms with van der Waals surface area (Å²) in [4.78, 5) is 40.8. The average Bonchev–Trinajstić information content (AvgIpc) is 3.43. The molecular formula is C21H21N3O3S2. The van der Waals surface area contributed by atoms with E-state index in [1.807, 2.05) is 47.2 Å². The molecule has 0 saturated heterocycles. The highest BCUT2D eigenvalue weighted by Gasteiger charge is 2.11. The second kappa shape index (κ2) is 10.6. The third-order valence-electron chi connectivity index (χ3n) is 4.09. The molecule has 0 saturated carbocycles. The number of nitrogens with one attached hydrogen (secondary N) is 2. The molecule has 0 atom stereocenters. The number of carbonyl (C=O) groups excluding carboxylic acids is 3. The minimum Gasteiger partial charge on any atom is -0.356 e. The van der Waals surface area contributed by atoms with Crippen LogP contribution in [0.4, 0.5) is 0 Å². The molecule has 29 heavy (non-hydrogen) atoms. The first-order chi connectivity index (χ1) is 14.1. The zero-order valence-corrected chi connectivity index (χ0v) is 17.4. The summed E-state index contributed by atoms with van der Waals surface area (Å²) in [6, 6.07) is 13.4. The van der Waals surface area contributed by atoms with Crippen LogP contribution < -0.4 is 10.6 Å². The first-order valence-corrected chi connectivity index (χ1v) is 11.0. The van der Waals surface area contributed by atoms with Crippen LogP contribution in [0, 0.1) is 0 Å². The Balaban J connectivity index is 1.31. The van der Waals surface area contributed by atoms with Gasteiger partial charge in [0.25, 0.3) is 0 Å². The van der Waals surface area contributed by atoms with Crippen molar-refractivity contribution in [2.24, 2.45) is 0 Å². The Morgan fingerprint density at radius 1 is 0.862 bits per heavy atom. The molecule has 0 spiro atoms. The highest BCUT2D eigenvalue weighted by Crippen LogP contribution is 2.23. The summed E-state index contributed by atoms with van der Waals surface area (Å²) in [5.41, 5.74) is 1.86. The predicted molar refractivity (Wildman–Crippen MR) is 115 cm³/mol. The number of Topliss-reactive ketones (excluding diaryl/α,β-unsaturated/α-hetero) is 1. The zero-order valence-electron chi connectivity index (χ0n) is 15.7. The molecule has 2 amide bonds. The van der Waals surface area contributed by atoms with Crippen molar-refractivity contribution in [3.8, 4) is 10.6 Å². The van der Waals surface area contributed by atoms with E-state index in [1.54, 1.807) is 6.07 Å². The minimum atomic E-state index is -0.227. The monoisotopic (exact) mass is 427 g/mol. The summed E-state index contributed by atoms with van der Waals surface area (Å²) >= 11 is 2.91. The summed E-state index contributed by atoms with van der Waals surface area (Å²) < 4.78 is 0. The van der Waals surface area contributed by atoms with E-state index < -0.39 is 0 Å². The average molecular weight is 428 g/mol. The van der Waals surface area contributed by atoms with Crippen LogP contribution in [0.1, 0.15) is 34.6 Å². The lowest BCUT2D eigenvalue weighted by molar-refractivity contribution is -0.122. The van der Waals surface area contributed by atoms with E-state index >= 15 is 0 Å². The fourth-order valence-corrected chi connectivity index (χ4v) is 4.09. The molecular weight excluding hydrogens is 406 g/mol. The highest BCUT2D eigenvalue weighted by atomic mass is 32.1. The van der Waals surface area contributed by atoms with Crippen LogP contribution in [0.2, 0.25) is 0 Å². The van der Waals surface area contributed by atoms with Gasteiger partial charge in [0.15, 0.2) is 5.78 Å². The maximum Gasteiger partial charge on any atom is 0.222 e. The SMILES string of the molecule is O=C(CCC(=O)c1cccs1)NCCC(=O)NCc1csc(-c2ccccc2)n1. The van der Waals surface area contributed by atoms with E-state index in [1.165, 1.54) is 22.7 Å². The van der Waals surface area contributed by atoms with E-state index in [-0.39, 0.29) is 43.4 Å². The first-order valence-electron chi connectivity index (χ1n) is 9.22. The van der Waals surface area contributed by atoms with Crippen molar-refractivity contribution in [2.75, 3.05) is 6.54 Å². The second-order valence-electron chi connectivity index (χ2n) is 6.29. The number of hydrogen-bond acceptors (Lipinski definition) is 6. The number of benzene rings is 1. The molecule has 0 fully saturated rings. The number of thiazole rings is 1. The molecule has 0 unspecified atom stereocenters. The number of carbonyl (C=O) groups is 3. The van der Waals surface area contributed by atoms with Crippen LogP contribution in [0.5, 0.6) is 0 Å². The van der Waals surface area contributed by atoms with Gasteiger partial charge in [-0.05, 0) is 11.4 Å². The largest absolute Gasteiger partial charge is 0.356 e. The highest BCUT2D eigenvalue weighted by molar-refractivity contribution is 7.13. The van der Waals surface area contributed by atoms with Crippen molar-refractivity contribution >= 4 is 40.3 Å². The molecule has 0 aliphatic rings. The van der Waals surface area contributed by atoms with Crippen LogP contribution in [-0.2, 0) is 16.1 Å². The van der Waals surface area contributed by atoms with Crippen LogP contribution >= 0.6 is 22.7 Å². The van der Waals surface area contributed by atoms with Gasteiger partial charge in [-0.1, -0.05) is 36.4 Å². The molecule has 3 rings (SSSR count). The summed E-state index contributed by atoms with van der Waals surface area (Å²) in [5.74, 6) is -0.421. The lowest BCUT2D eigenvalue weighted by atomic mass is 10.2. The van der Waals surface area contributed by atoms with E-state index in [9.17, 15) is 14.4 Å². The van der Waals surface area contributed by atoms with Gasteiger partial charge in [-0.15, -0.1) is 22.7 Å². The number of hydrogen-bond donors (Lipinski definition) is 2. The number of nitrogens with zero attached hydrogens (tertiary/aromatic N) is 1. The van der Waals surface area contributed by atoms with Gasteiger partial charge < -0.3 is 10.6 Å². The molecule has 0 aliphatic carbocycles. The topological polar surface area (TPSA) is 88.2 Å². The number of ketones is 1. The molecule has 2 heterocycles. The fourth-order valence-electron chi connectivity index (χ4n) is 2.57. The predicted octanol–water partition coefficient (Wildman–Crippen LogP) is 3.66. The molecule has 150 valence electrons. The van der Waals surface area contributed by atoms with Gasteiger partial charge in [0, 0.05) is 36.8 Å². The Kier molecular flexibility index (Phi) is 7.66. The number of amides is 2. The second-order valence-corrected chi connectivity index (χ2v) is 8.09. The van der Waals surface area contributed by atoms with Crippen LogP contribution in [0.3, 0.4) is 0 Å². The molecule has 1 aromatic carbocycles. The third kappa shape index (κ3) is 6.62. The van der Waals surface area contributed by atoms with Crippen LogP contribution in [0.15, 0.2) is 53.2 Å². The maximum absolute atomic E-state index is 12.0. The molecule has 8 heteroatoms. The Labute approximate surface area is 177 Å². The zero-order chi connectivity index (χ0) is 20.5. The van der Waals surface area contributed by atoms with Crippen molar-refractivity contribution in [3.63, 3.8) is 0 Å². The van der Waals surface area contributed by atoms with Gasteiger partial charge in [0.2, 0.25) is 11.8 Å². The van der Waals surface area contributed by atoms with Crippen molar-refractivity contribution in [3.05, 3.63) is 63.8 Å². The van der Waals surface area contributed by atoms with E-state index in [4.69, 9.17) is 0 Å². The smallest absolute Gasteiger partial charge is 0.222 e. The third-order valence-corrected chi connectivity index (χ3v) is 5.94. The van der Waals surface area contributed by atoms with Crippen molar-refractivity contribution in [1.29, 1.82) is 0 Å². The van der Waals surface area contributed by atoms with Gasteiger partial charge in [0.1, 0.15) is 5.01 Å². The van der Waals surface area contributed by atoms with Crippen molar-refractivity contribution in [2.45, 2.75) is 25.8 Å². The fraction of sp³-hybridized carbons (Fsp3) is 0.238. The van der Waals surface area contributed by atoms with Gasteiger partial charge in [-0.3, -0.25) is 14.4 Å². The van der Waals surface area contributed by atoms with Crippen molar-refractivity contribution in [1.82, 2.24) is 15.6 Å². The lowest BCUT2D eigenvalue weighted by Crippen LogP contribution is -2.30. The van der Waals surface area contributed by atoms with Crippen molar-refractivity contribution < 1.29 is 14.4 Å². The Bertz CT molecular complexity index is 953. The number of rotatable bonds is 10. The minimum absolute atomic E-state index is 0.0361. The van der Waals surface area contributed by atoms with Crippen LogP contribution in [-0.4, -0.2) is 29.1 Å². The van der Waals surface area contributed by atoms with E-state index in [0.29, 0.717) is 11.4 Å². The molecule has 0 aliphatic heterocycles. The quantitative estimate of drug-likeness (QED) is 0.484. The molecule has 0 radical (unpaired) electrons. The molecule has 2 aromatic heterocycles. The summed E-state index contributed by atoms with van der Waals surface area (Å²) in [6.45, 7) is 0.593. The maximum atomic E-state index is 12.0.